The molecule has 3 aromatic carbocycles. The molecule has 0 saturated heterocycles. The van der Waals surface area contributed by atoms with Gasteiger partial charge in [0.2, 0.25) is 12.1 Å². The van der Waals surface area contributed by atoms with Crippen LogP contribution in [0.2, 0.25) is 10.0 Å². The van der Waals surface area contributed by atoms with Crippen molar-refractivity contribution >= 4 is 45.7 Å². The van der Waals surface area contributed by atoms with Gasteiger partial charge in [0.15, 0.2) is 0 Å². The van der Waals surface area contributed by atoms with Gasteiger partial charge in [-0.15, -0.1) is 0 Å². The molecule has 0 saturated carbocycles. The Balaban J connectivity index is 1.52. The van der Waals surface area contributed by atoms with E-state index in [9.17, 15) is 4.79 Å². The van der Waals surface area contributed by atoms with Gasteiger partial charge >= 0.3 is 0 Å². The first-order valence-corrected chi connectivity index (χ1v) is 12.0. The highest BCUT2D eigenvalue weighted by molar-refractivity contribution is 6.35. The lowest BCUT2D eigenvalue weighted by molar-refractivity contribution is -0.0180. The van der Waals surface area contributed by atoms with Crippen LogP contribution in [0.5, 0.6) is 11.5 Å². The summed E-state index contributed by atoms with van der Waals surface area (Å²) in [5, 5.41) is 8.89. The number of carbonyl (C=O) groups excluding carboxylic acids is 1. The van der Waals surface area contributed by atoms with Crippen molar-refractivity contribution in [3.63, 3.8) is 0 Å². The first-order valence-electron chi connectivity index (χ1n) is 11.2. The topological polar surface area (TPSA) is 56.1 Å². The molecule has 0 radical (unpaired) electrons. The molecule has 2 atom stereocenters. The van der Waals surface area contributed by atoms with Crippen LogP contribution in [0, 0.1) is 0 Å². The van der Waals surface area contributed by atoms with E-state index in [0.29, 0.717) is 22.2 Å². The molecule has 0 unspecified atom stereocenters. The Labute approximate surface area is 212 Å². The maximum atomic E-state index is 12.4. The Morgan fingerprint density at radius 3 is 2.60 bits per heavy atom. The van der Waals surface area contributed by atoms with Crippen LogP contribution in [0.1, 0.15) is 47.1 Å². The van der Waals surface area contributed by atoms with Crippen molar-refractivity contribution < 1.29 is 14.3 Å². The van der Waals surface area contributed by atoms with Crippen LogP contribution < -0.4 is 9.47 Å². The number of para-hydroxylation sites is 1. The van der Waals surface area contributed by atoms with E-state index >= 15 is 0 Å². The average Bonchev–Trinajstić information content (AvgIpc) is 3.47. The number of hydrazone groups is 1. The largest absolute Gasteiger partial charge is 0.497 e. The third kappa shape index (κ3) is 3.56. The van der Waals surface area contributed by atoms with E-state index in [1.54, 1.807) is 24.7 Å². The van der Waals surface area contributed by atoms with E-state index in [-0.39, 0.29) is 11.9 Å². The summed E-state index contributed by atoms with van der Waals surface area (Å²) < 4.78 is 13.5. The summed E-state index contributed by atoms with van der Waals surface area (Å²) in [6.07, 6.45) is 1.92. The number of aromatic nitrogens is 1. The highest BCUT2D eigenvalue weighted by Crippen LogP contribution is 2.51. The molecule has 2 aliphatic heterocycles. The summed E-state index contributed by atoms with van der Waals surface area (Å²) in [5.74, 6) is 1.30. The summed E-state index contributed by atoms with van der Waals surface area (Å²) >= 11 is 13.0. The minimum atomic E-state index is -0.576. The molecule has 35 heavy (non-hydrogen) atoms. The van der Waals surface area contributed by atoms with Gasteiger partial charge in [0, 0.05) is 41.1 Å². The fraction of sp³-hybridized carbons (Fsp3) is 0.185. The van der Waals surface area contributed by atoms with Gasteiger partial charge in [0.25, 0.3) is 0 Å². The van der Waals surface area contributed by atoms with Gasteiger partial charge in [-0.1, -0.05) is 41.4 Å². The van der Waals surface area contributed by atoms with Crippen molar-refractivity contribution in [2.24, 2.45) is 5.10 Å². The predicted octanol–water partition coefficient (Wildman–Crippen LogP) is 6.86. The second kappa shape index (κ2) is 8.33. The maximum Gasteiger partial charge on any atom is 0.227 e. The molecule has 4 aromatic rings. The van der Waals surface area contributed by atoms with E-state index in [1.165, 1.54) is 0 Å². The fourth-order valence-corrected chi connectivity index (χ4v) is 5.49. The highest BCUT2D eigenvalue weighted by Gasteiger charge is 2.43. The number of ether oxygens (including phenoxy) is 2. The normalized spacial score (nSPS) is 18.6. The van der Waals surface area contributed by atoms with E-state index in [1.807, 2.05) is 65.8 Å². The third-order valence-electron chi connectivity index (χ3n) is 6.58. The highest BCUT2D eigenvalue weighted by atomic mass is 35.5. The quantitative estimate of drug-likeness (QED) is 0.305. The van der Waals surface area contributed by atoms with Crippen LogP contribution in [0.4, 0.5) is 0 Å². The van der Waals surface area contributed by atoms with Gasteiger partial charge in [-0.05, 0) is 48.0 Å². The molecular formula is C27H21Cl2N3O3. The number of methoxy groups -OCH3 is 1. The van der Waals surface area contributed by atoms with Crippen molar-refractivity contribution in [3.8, 4) is 11.5 Å². The van der Waals surface area contributed by atoms with Crippen LogP contribution in [0.25, 0.3) is 10.9 Å². The minimum absolute atomic E-state index is 0.0751. The van der Waals surface area contributed by atoms with Crippen LogP contribution in [-0.2, 0) is 0 Å². The van der Waals surface area contributed by atoms with Crippen molar-refractivity contribution in [2.45, 2.75) is 25.6 Å². The minimum Gasteiger partial charge on any atom is -0.497 e. The standard InChI is InChI=1S/C27H21Cl2N3O3/c1-15(33)31-14-21(19-5-3-4-6-24(19)31)27-32-25(20-11-17(28)12-22(29)26(20)35-27)13-23(30-32)16-7-9-18(34-2)10-8-16/h3-12,14,25,27H,13H2,1-2H3/t25-,27-/m0/s1. The Morgan fingerprint density at radius 1 is 1.09 bits per heavy atom. The Kier molecular flexibility index (Phi) is 5.24. The SMILES string of the molecule is COc1ccc(C2=NN3[C@@H](C2)c2cc(Cl)cc(Cl)c2O[C@H]3c2cn(C(C)=O)c3ccccc23)cc1. The molecule has 2 aliphatic rings. The zero-order valence-electron chi connectivity index (χ0n) is 19.0. The smallest absolute Gasteiger partial charge is 0.227 e. The van der Waals surface area contributed by atoms with E-state index in [4.69, 9.17) is 37.8 Å². The van der Waals surface area contributed by atoms with Gasteiger partial charge in [-0.2, -0.15) is 5.10 Å². The lowest BCUT2D eigenvalue weighted by Crippen LogP contribution is -2.33. The zero-order chi connectivity index (χ0) is 24.3. The molecule has 176 valence electrons. The van der Waals surface area contributed by atoms with E-state index in [2.05, 4.69) is 0 Å². The number of halogens is 2. The molecule has 1 aromatic heterocycles. The monoisotopic (exact) mass is 505 g/mol. The number of nitrogens with zero attached hydrogens (tertiary/aromatic N) is 3. The van der Waals surface area contributed by atoms with Crippen molar-refractivity contribution in [1.82, 2.24) is 9.58 Å². The van der Waals surface area contributed by atoms with Crippen LogP contribution in [0.3, 0.4) is 0 Å². The third-order valence-corrected chi connectivity index (χ3v) is 7.08. The second-order valence-corrected chi connectivity index (χ2v) is 9.49. The zero-order valence-corrected chi connectivity index (χ0v) is 20.5. The van der Waals surface area contributed by atoms with Crippen molar-refractivity contribution in [2.75, 3.05) is 7.11 Å². The number of carbonyl (C=O) groups is 1. The van der Waals surface area contributed by atoms with Crippen LogP contribution in [0.15, 0.2) is 72.0 Å². The summed E-state index contributed by atoms with van der Waals surface area (Å²) in [4.78, 5) is 12.4. The Hall–Kier alpha value is -3.48. The van der Waals surface area contributed by atoms with Crippen LogP contribution in [-0.4, -0.2) is 28.3 Å². The van der Waals surface area contributed by atoms with Gasteiger partial charge in [-0.25, -0.2) is 5.01 Å². The molecule has 0 bridgehead atoms. The van der Waals surface area contributed by atoms with Gasteiger partial charge in [-0.3, -0.25) is 9.36 Å². The number of hydrogen-bond donors (Lipinski definition) is 0. The lowest BCUT2D eigenvalue weighted by Gasteiger charge is -2.38. The molecule has 0 aliphatic carbocycles. The molecule has 3 heterocycles. The second-order valence-electron chi connectivity index (χ2n) is 8.64. The number of hydrogen-bond acceptors (Lipinski definition) is 5. The summed E-state index contributed by atoms with van der Waals surface area (Å²) in [7, 11) is 1.65. The number of fused-ring (bicyclic) bond motifs is 4. The van der Waals surface area contributed by atoms with E-state index in [0.717, 1.165) is 39.1 Å². The van der Waals surface area contributed by atoms with Gasteiger partial charge in [0.1, 0.15) is 11.5 Å². The van der Waals surface area contributed by atoms with Crippen LogP contribution >= 0.6 is 23.2 Å². The first-order chi connectivity index (χ1) is 16.9. The summed E-state index contributed by atoms with van der Waals surface area (Å²) in [6, 6.07) is 19.1. The molecule has 0 spiro atoms. The van der Waals surface area contributed by atoms with Crippen molar-refractivity contribution in [3.05, 3.63) is 93.6 Å². The first kappa shape index (κ1) is 22.0. The molecule has 0 N–H and O–H groups in total. The Morgan fingerprint density at radius 2 is 1.86 bits per heavy atom. The lowest BCUT2D eigenvalue weighted by atomic mass is 9.95. The summed E-state index contributed by atoms with van der Waals surface area (Å²) in [6.45, 7) is 1.55. The predicted molar refractivity (Wildman–Crippen MR) is 137 cm³/mol. The number of benzene rings is 3. The Bertz CT molecular complexity index is 1510. The molecule has 6 nitrogen and oxygen atoms in total. The van der Waals surface area contributed by atoms with Gasteiger partial charge in [0.05, 0.1) is 29.4 Å². The van der Waals surface area contributed by atoms with Crippen molar-refractivity contribution in [1.29, 1.82) is 0 Å². The van der Waals surface area contributed by atoms with E-state index < -0.39 is 6.23 Å². The molecule has 0 fully saturated rings. The number of rotatable bonds is 3. The summed E-state index contributed by atoms with van der Waals surface area (Å²) in [5.41, 5.74) is 4.48. The maximum absolute atomic E-state index is 12.4. The molecule has 8 heteroatoms. The molecule has 6 rings (SSSR count). The fourth-order valence-electron chi connectivity index (χ4n) is 4.94. The average molecular weight is 506 g/mol. The molecular weight excluding hydrogens is 485 g/mol. The molecule has 0 amide bonds. The van der Waals surface area contributed by atoms with Gasteiger partial charge < -0.3 is 9.47 Å².